The Morgan fingerprint density at radius 1 is 1.00 bits per heavy atom. The topological polar surface area (TPSA) is 59.8 Å². The zero-order chi connectivity index (χ0) is 19.5. The first kappa shape index (κ1) is 17.9. The molecule has 0 bridgehead atoms. The van der Waals surface area contributed by atoms with Crippen LogP contribution in [0.1, 0.15) is 21.5 Å². The van der Waals surface area contributed by atoms with Gasteiger partial charge in [0.25, 0.3) is 5.91 Å². The Hall–Kier alpha value is -3.47. The summed E-state index contributed by atoms with van der Waals surface area (Å²) in [6.07, 6.45) is 3.53. The standard InChI is InChI=1S/C23H22N4O/c1-16-13-17(2)15-19(14-16)23(28)25-11-12-27-21-6-4-3-5-20(21)26-22(27)18-7-9-24-10-8-18/h3-10,13-15H,11-12H2,1-2H3,(H,25,28). The maximum absolute atomic E-state index is 12.6. The van der Waals surface area contributed by atoms with E-state index in [2.05, 4.69) is 27.0 Å². The summed E-state index contributed by atoms with van der Waals surface area (Å²) in [6, 6.07) is 17.8. The lowest BCUT2D eigenvalue weighted by Crippen LogP contribution is -2.27. The monoisotopic (exact) mass is 370 g/mol. The molecule has 0 radical (unpaired) electrons. The van der Waals surface area contributed by atoms with Crippen molar-refractivity contribution in [3.8, 4) is 11.4 Å². The molecule has 0 spiro atoms. The smallest absolute Gasteiger partial charge is 0.251 e. The number of pyridine rings is 1. The Morgan fingerprint density at radius 2 is 1.71 bits per heavy atom. The van der Waals surface area contributed by atoms with E-state index >= 15 is 0 Å². The number of hydrogen-bond acceptors (Lipinski definition) is 3. The van der Waals surface area contributed by atoms with Gasteiger partial charge in [0.15, 0.2) is 0 Å². The number of hydrogen-bond donors (Lipinski definition) is 1. The number of carbonyl (C=O) groups is 1. The van der Waals surface area contributed by atoms with E-state index < -0.39 is 0 Å². The van der Waals surface area contributed by atoms with Gasteiger partial charge in [0.2, 0.25) is 0 Å². The molecule has 0 aliphatic rings. The Morgan fingerprint density at radius 3 is 2.46 bits per heavy atom. The summed E-state index contributed by atoms with van der Waals surface area (Å²) < 4.78 is 2.15. The number of imidazole rings is 1. The third-order valence-corrected chi connectivity index (χ3v) is 4.70. The molecule has 0 saturated carbocycles. The molecule has 0 aliphatic heterocycles. The lowest BCUT2D eigenvalue weighted by Gasteiger charge is -2.11. The Balaban J connectivity index is 1.57. The van der Waals surface area contributed by atoms with Crippen molar-refractivity contribution in [3.63, 3.8) is 0 Å². The lowest BCUT2D eigenvalue weighted by atomic mass is 10.1. The minimum atomic E-state index is -0.0540. The molecule has 2 aromatic heterocycles. The lowest BCUT2D eigenvalue weighted by molar-refractivity contribution is 0.0952. The molecule has 0 unspecified atom stereocenters. The maximum atomic E-state index is 12.6. The molecule has 1 N–H and O–H groups in total. The minimum Gasteiger partial charge on any atom is -0.350 e. The molecule has 4 rings (SSSR count). The highest BCUT2D eigenvalue weighted by Gasteiger charge is 2.13. The molecule has 0 atom stereocenters. The summed E-state index contributed by atoms with van der Waals surface area (Å²) in [4.78, 5) is 21.4. The molecule has 2 aromatic carbocycles. The van der Waals surface area contributed by atoms with E-state index in [9.17, 15) is 4.79 Å². The number of nitrogens with zero attached hydrogens (tertiary/aromatic N) is 3. The number of rotatable bonds is 5. The number of amides is 1. The molecule has 1 amide bonds. The summed E-state index contributed by atoms with van der Waals surface area (Å²) in [5, 5.41) is 3.04. The van der Waals surface area contributed by atoms with Gasteiger partial charge < -0.3 is 9.88 Å². The largest absolute Gasteiger partial charge is 0.350 e. The van der Waals surface area contributed by atoms with Gasteiger partial charge >= 0.3 is 0 Å². The predicted octanol–water partition coefficient (Wildman–Crippen LogP) is 4.15. The van der Waals surface area contributed by atoms with Crippen LogP contribution in [-0.2, 0) is 6.54 Å². The molecule has 0 aliphatic carbocycles. The van der Waals surface area contributed by atoms with Gasteiger partial charge in [-0.25, -0.2) is 4.98 Å². The molecule has 140 valence electrons. The molecule has 5 heteroatoms. The summed E-state index contributed by atoms with van der Waals surface area (Å²) in [5.74, 6) is 0.825. The van der Waals surface area contributed by atoms with E-state index in [0.717, 1.165) is 33.5 Å². The van der Waals surface area contributed by atoms with Crippen LogP contribution in [0.15, 0.2) is 67.0 Å². The average Bonchev–Trinajstić information content (AvgIpc) is 3.06. The zero-order valence-electron chi connectivity index (χ0n) is 16.0. The van der Waals surface area contributed by atoms with Crippen molar-refractivity contribution in [1.82, 2.24) is 19.9 Å². The van der Waals surface area contributed by atoms with Crippen molar-refractivity contribution < 1.29 is 4.79 Å². The Labute approximate surface area is 164 Å². The van der Waals surface area contributed by atoms with Gasteiger partial charge in [-0.2, -0.15) is 0 Å². The normalized spacial score (nSPS) is 10.9. The quantitative estimate of drug-likeness (QED) is 0.574. The highest BCUT2D eigenvalue weighted by Crippen LogP contribution is 2.24. The average molecular weight is 370 g/mol. The number of fused-ring (bicyclic) bond motifs is 1. The van der Waals surface area contributed by atoms with Gasteiger partial charge in [0.1, 0.15) is 5.82 Å². The molecule has 0 fully saturated rings. The van der Waals surface area contributed by atoms with E-state index in [-0.39, 0.29) is 5.91 Å². The Bertz CT molecular complexity index is 1110. The fourth-order valence-electron chi connectivity index (χ4n) is 3.51. The van der Waals surface area contributed by atoms with Crippen molar-refractivity contribution in [3.05, 3.63) is 83.7 Å². The van der Waals surface area contributed by atoms with E-state index in [1.165, 1.54) is 0 Å². The minimum absolute atomic E-state index is 0.0540. The highest BCUT2D eigenvalue weighted by molar-refractivity contribution is 5.94. The van der Waals surface area contributed by atoms with Gasteiger partial charge in [-0.1, -0.05) is 29.3 Å². The van der Waals surface area contributed by atoms with Crippen LogP contribution in [0.4, 0.5) is 0 Å². The van der Waals surface area contributed by atoms with Crippen LogP contribution >= 0.6 is 0 Å². The first-order chi connectivity index (χ1) is 13.6. The van der Waals surface area contributed by atoms with E-state index in [1.54, 1.807) is 12.4 Å². The fraction of sp³-hybridized carbons (Fsp3) is 0.174. The summed E-state index contributed by atoms with van der Waals surface area (Å²) in [6.45, 7) is 5.16. The van der Waals surface area contributed by atoms with E-state index in [0.29, 0.717) is 18.7 Å². The number of nitrogens with one attached hydrogen (secondary N) is 1. The van der Waals surface area contributed by atoms with Gasteiger partial charge in [0, 0.05) is 36.6 Å². The third-order valence-electron chi connectivity index (χ3n) is 4.70. The van der Waals surface area contributed by atoms with Crippen LogP contribution < -0.4 is 5.32 Å². The summed E-state index contributed by atoms with van der Waals surface area (Å²) in [7, 11) is 0. The van der Waals surface area contributed by atoms with Crippen molar-refractivity contribution in [2.45, 2.75) is 20.4 Å². The van der Waals surface area contributed by atoms with Crippen molar-refractivity contribution in [1.29, 1.82) is 0 Å². The molecule has 0 saturated heterocycles. The molecule has 2 heterocycles. The molecule has 4 aromatic rings. The fourth-order valence-corrected chi connectivity index (χ4v) is 3.51. The number of aryl methyl sites for hydroxylation is 2. The first-order valence-corrected chi connectivity index (χ1v) is 9.34. The number of para-hydroxylation sites is 2. The van der Waals surface area contributed by atoms with Gasteiger partial charge in [-0.15, -0.1) is 0 Å². The number of carbonyl (C=O) groups excluding carboxylic acids is 1. The van der Waals surface area contributed by atoms with E-state index in [1.807, 2.05) is 56.3 Å². The second-order valence-corrected chi connectivity index (χ2v) is 6.94. The predicted molar refractivity (Wildman–Crippen MR) is 111 cm³/mol. The van der Waals surface area contributed by atoms with Crippen LogP contribution in [-0.4, -0.2) is 27.0 Å². The van der Waals surface area contributed by atoms with E-state index in [4.69, 9.17) is 4.98 Å². The van der Waals surface area contributed by atoms with Crippen LogP contribution in [0.2, 0.25) is 0 Å². The number of aromatic nitrogens is 3. The molecular weight excluding hydrogens is 348 g/mol. The summed E-state index contributed by atoms with van der Waals surface area (Å²) in [5.41, 5.74) is 5.87. The van der Waals surface area contributed by atoms with Crippen molar-refractivity contribution in [2.24, 2.45) is 0 Å². The van der Waals surface area contributed by atoms with Crippen LogP contribution in [0, 0.1) is 13.8 Å². The zero-order valence-corrected chi connectivity index (χ0v) is 16.0. The molecule has 5 nitrogen and oxygen atoms in total. The number of benzene rings is 2. The molecule has 28 heavy (non-hydrogen) atoms. The molecular formula is C23H22N4O. The van der Waals surface area contributed by atoms with Crippen LogP contribution in [0.25, 0.3) is 22.4 Å². The van der Waals surface area contributed by atoms with Gasteiger partial charge in [-0.05, 0) is 50.2 Å². The van der Waals surface area contributed by atoms with Crippen molar-refractivity contribution in [2.75, 3.05) is 6.54 Å². The maximum Gasteiger partial charge on any atom is 0.251 e. The highest BCUT2D eigenvalue weighted by atomic mass is 16.1. The first-order valence-electron chi connectivity index (χ1n) is 9.34. The van der Waals surface area contributed by atoms with Gasteiger partial charge in [0.05, 0.1) is 11.0 Å². The summed E-state index contributed by atoms with van der Waals surface area (Å²) >= 11 is 0. The van der Waals surface area contributed by atoms with Crippen molar-refractivity contribution >= 4 is 16.9 Å². The third kappa shape index (κ3) is 3.64. The Kier molecular flexibility index (Phi) is 4.89. The SMILES string of the molecule is Cc1cc(C)cc(C(=O)NCCn2c(-c3ccncc3)nc3ccccc32)c1. The van der Waals surface area contributed by atoms with Crippen LogP contribution in [0.5, 0.6) is 0 Å². The van der Waals surface area contributed by atoms with Gasteiger partial charge in [-0.3, -0.25) is 9.78 Å². The second-order valence-electron chi connectivity index (χ2n) is 6.94. The second kappa shape index (κ2) is 7.64. The van der Waals surface area contributed by atoms with Crippen LogP contribution in [0.3, 0.4) is 0 Å².